The number of amides is 1. The van der Waals surface area contributed by atoms with E-state index >= 15 is 0 Å². The fourth-order valence-corrected chi connectivity index (χ4v) is 3.74. The number of nitrogens with two attached hydrogens (primary N) is 1. The summed E-state index contributed by atoms with van der Waals surface area (Å²) in [5, 5.41) is 7.76. The van der Waals surface area contributed by atoms with Crippen LogP contribution in [0.5, 0.6) is 5.75 Å². The third kappa shape index (κ3) is 3.00. The molecule has 0 saturated carbocycles. The molecule has 2 aromatic carbocycles. The van der Waals surface area contributed by atoms with E-state index < -0.39 is 17.8 Å². The number of hydrogen-bond acceptors (Lipinski definition) is 6. The van der Waals surface area contributed by atoms with E-state index in [0.717, 1.165) is 12.1 Å². The highest BCUT2D eigenvalue weighted by atomic mass is 19.4. The third-order valence-corrected chi connectivity index (χ3v) is 5.38. The number of nitrogen functional groups attached to an aromatic ring is 1. The molecule has 0 spiro atoms. The average molecular weight is 428 g/mol. The standard InChI is InChI=1S/C20H15F3N6O2/c1-28(15-8-31-16-7-11(20(21,22)23)3-4-12(15)16)19(30)10-2-5-13-14(6-10)29-9-25-27-18(29)17(24)26-13/h2-7,9,15H,8H2,1H3,(H2,24,26)/t15-/m1/s1. The van der Waals surface area contributed by atoms with Crippen LogP contribution in [0, 0.1) is 0 Å². The second kappa shape index (κ2) is 6.56. The van der Waals surface area contributed by atoms with Crippen LogP contribution in [0.15, 0.2) is 42.7 Å². The number of carbonyl (C=O) groups is 1. The van der Waals surface area contributed by atoms with Crippen molar-refractivity contribution in [1.82, 2.24) is 24.5 Å². The number of likely N-dealkylation sites (N-methyl/N-ethyl adjacent to an activating group) is 1. The highest BCUT2D eigenvalue weighted by Crippen LogP contribution is 2.40. The Labute approximate surface area is 173 Å². The summed E-state index contributed by atoms with van der Waals surface area (Å²) >= 11 is 0. The van der Waals surface area contributed by atoms with E-state index in [1.807, 2.05) is 0 Å². The lowest BCUT2D eigenvalue weighted by Gasteiger charge is -2.24. The van der Waals surface area contributed by atoms with Crippen LogP contribution >= 0.6 is 0 Å². The number of fused-ring (bicyclic) bond motifs is 4. The Kier molecular flexibility index (Phi) is 4.04. The van der Waals surface area contributed by atoms with Gasteiger partial charge in [-0.2, -0.15) is 13.2 Å². The topological polar surface area (TPSA) is 98.6 Å². The summed E-state index contributed by atoms with van der Waals surface area (Å²) in [4.78, 5) is 18.9. The van der Waals surface area contributed by atoms with E-state index in [1.54, 1.807) is 29.6 Å². The average Bonchev–Trinajstić information content (AvgIpc) is 3.39. The molecule has 1 atom stereocenters. The van der Waals surface area contributed by atoms with Crippen molar-refractivity contribution >= 4 is 28.4 Å². The molecule has 31 heavy (non-hydrogen) atoms. The lowest BCUT2D eigenvalue weighted by molar-refractivity contribution is -0.137. The smallest absolute Gasteiger partial charge is 0.416 e. The molecule has 158 valence electrons. The molecule has 2 aromatic heterocycles. The zero-order valence-electron chi connectivity index (χ0n) is 16.1. The van der Waals surface area contributed by atoms with Gasteiger partial charge in [0.2, 0.25) is 5.65 Å². The molecule has 4 aromatic rings. The summed E-state index contributed by atoms with van der Waals surface area (Å²) in [6.07, 6.45) is -2.98. The molecular weight excluding hydrogens is 413 g/mol. The van der Waals surface area contributed by atoms with Crippen molar-refractivity contribution in [2.24, 2.45) is 0 Å². The number of carbonyl (C=O) groups excluding carboxylic acids is 1. The minimum Gasteiger partial charge on any atom is -0.491 e. The van der Waals surface area contributed by atoms with E-state index in [0.29, 0.717) is 27.8 Å². The summed E-state index contributed by atoms with van der Waals surface area (Å²) in [6, 6.07) is 7.73. The number of rotatable bonds is 2. The molecule has 0 radical (unpaired) electrons. The van der Waals surface area contributed by atoms with Crippen molar-refractivity contribution in [2.45, 2.75) is 12.2 Å². The summed E-state index contributed by atoms with van der Waals surface area (Å²) in [7, 11) is 1.59. The van der Waals surface area contributed by atoms with E-state index in [9.17, 15) is 18.0 Å². The van der Waals surface area contributed by atoms with Crippen LogP contribution in [-0.2, 0) is 6.18 Å². The van der Waals surface area contributed by atoms with Crippen LogP contribution in [-0.4, -0.2) is 44.0 Å². The van der Waals surface area contributed by atoms with Crippen LogP contribution in [0.2, 0.25) is 0 Å². The van der Waals surface area contributed by atoms with E-state index in [2.05, 4.69) is 15.2 Å². The van der Waals surface area contributed by atoms with Crippen molar-refractivity contribution in [1.29, 1.82) is 0 Å². The molecule has 0 unspecified atom stereocenters. The molecule has 3 heterocycles. The summed E-state index contributed by atoms with van der Waals surface area (Å²) < 4.78 is 46.0. The van der Waals surface area contributed by atoms with Gasteiger partial charge in [-0.05, 0) is 30.3 Å². The predicted molar refractivity (Wildman–Crippen MR) is 104 cm³/mol. The Morgan fingerprint density at radius 3 is 2.84 bits per heavy atom. The summed E-state index contributed by atoms with van der Waals surface area (Å²) in [5.41, 5.74) is 7.54. The number of aromatic nitrogens is 4. The molecule has 0 fully saturated rings. The van der Waals surface area contributed by atoms with Gasteiger partial charge in [-0.25, -0.2) is 4.98 Å². The molecule has 0 saturated heterocycles. The number of hydrogen-bond donors (Lipinski definition) is 1. The van der Waals surface area contributed by atoms with Gasteiger partial charge in [-0.15, -0.1) is 10.2 Å². The fourth-order valence-electron chi connectivity index (χ4n) is 3.74. The lowest BCUT2D eigenvalue weighted by Crippen LogP contribution is -2.32. The molecule has 1 aliphatic heterocycles. The Balaban J connectivity index is 1.49. The van der Waals surface area contributed by atoms with E-state index in [-0.39, 0.29) is 24.1 Å². The van der Waals surface area contributed by atoms with Crippen LogP contribution in [0.4, 0.5) is 19.0 Å². The van der Waals surface area contributed by atoms with Crippen molar-refractivity contribution in [2.75, 3.05) is 19.4 Å². The SMILES string of the molecule is CN(C(=O)c1ccc2nc(N)c3nncn3c2c1)[C@@H]1COc2cc(C(F)(F)F)ccc21. The number of anilines is 1. The summed E-state index contributed by atoms with van der Waals surface area (Å²) in [6.45, 7) is 0.0697. The zero-order valence-corrected chi connectivity index (χ0v) is 16.1. The van der Waals surface area contributed by atoms with Gasteiger partial charge in [0.1, 0.15) is 18.7 Å². The first-order valence-corrected chi connectivity index (χ1v) is 9.24. The molecule has 0 bridgehead atoms. The Morgan fingerprint density at radius 2 is 2.06 bits per heavy atom. The second-order valence-corrected chi connectivity index (χ2v) is 7.22. The molecule has 1 aliphatic rings. The molecule has 1 amide bonds. The quantitative estimate of drug-likeness (QED) is 0.527. The number of ether oxygens (including phenoxy) is 1. The van der Waals surface area contributed by atoms with Crippen molar-refractivity contribution in [3.8, 4) is 5.75 Å². The van der Waals surface area contributed by atoms with Crippen LogP contribution in [0.25, 0.3) is 16.7 Å². The van der Waals surface area contributed by atoms with Gasteiger partial charge in [-0.3, -0.25) is 9.20 Å². The molecule has 2 N–H and O–H groups in total. The van der Waals surface area contributed by atoms with Crippen LogP contribution < -0.4 is 10.5 Å². The Bertz CT molecular complexity index is 1350. The van der Waals surface area contributed by atoms with E-state index in [1.165, 1.54) is 17.3 Å². The molecule has 8 nitrogen and oxygen atoms in total. The molecular formula is C20H15F3N6O2. The van der Waals surface area contributed by atoms with Gasteiger partial charge in [-0.1, -0.05) is 6.07 Å². The molecule has 0 aliphatic carbocycles. The largest absolute Gasteiger partial charge is 0.491 e. The Hall–Kier alpha value is -3.89. The number of benzene rings is 2. The first-order valence-electron chi connectivity index (χ1n) is 9.24. The normalized spacial score (nSPS) is 15.8. The van der Waals surface area contributed by atoms with Gasteiger partial charge < -0.3 is 15.4 Å². The van der Waals surface area contributed by atoms with Crippen LogP contribution in [0.3, 0.4) is 0 Å². The fraction of sp³-hybridized carbons (Fsp3) is 0.200. The minimum absolute atomic E-state index is 0.0697. The third-order valence-electron chi connectivity index (χ3n) is 5.38. The molecule has 5 rings (SSSR count). The number of halogens is 3. The zero-order chi connectivity index (χ0) is 21.9. The van der Waals surface area contributed by atoms with Crippen LogP contribution in [0.1, 0.15) is 27.5 Å². The highest BCUT2D eigenvalue weighted by Gasteiger charge is 2.36. The maximum Gasteiger partial charge on any atom is 0.416 e. The number of nitrogens with zero attached hydrogens (tertiary/aromatic N) is 5. The van der Waals surface area contributed by atoms with Crippen molar-refractivity contribution < 1.29 is 22.7 Å². The maximum absolute atomic E-state index is 13.2. The highest BCUT2D eigenvalue weighted by molar-refractivity contribution is 5.98. The lowest BCUT2D eigenvalue weighted by atomic mass is 10.0. The van der Waals surface area contributed by atoms with Crippen molar-refractivity contribution in [3.05, 3.63) is 59.4 Å². The van der Waals surface area contributed by atoms with Gasteiger partial charge in [0, 0.05) is 18.2 Å². The van der Waals surface area contributed by atoms with E-state index in [4.69, 9.17) is 10.5 Å². The maximum atomic E-state index is 13.2. The van der Waals surface area contributed by atoms with Gasteiger partial charge >= 0.3 is 6.18 Å². The monoisotopic (exact) mass is 428 g/mol. The predicted octanol–water partition coefficient (Wildman–Crippen LogP) is 3.08. The molecule has 11 heteroatoms. The van der Waals surface area contributed by atoms with Gasteiger partial charge in [0.05, 0.1) is 22.6 Å². The number of alkyl halides is 3. The van der Waals surface area contributed by atoms with Gasteiger partial charge in [0.25, 0.3) is 5.91 Å². The summed E-state index contributed by atoms with van der Waals surface area (Å²) in [5.74, 6) is 0.0317. The van der Waals surface area contributed by atoms with Crippen molar-refractivity contribution in [3.63, 3.8) is 0 Å². The van der Waals surface area contributed by atoms with Gasteiger partial charge in [0.15, 0.2) is 5.82 Å². The minimum atomic E-state index is -4.46. The first-order chi connectivity index (χ1) is 14.7. The first kappa shape index (κ1) is 19.1. The second-order valence-electron chi connectivity index (χ2n) is 7.22. The Morgan fingerprint density at radius 1 is 1.26 bits per heavy atom.